The second-order valence-electron chi connectivity index (χ2n) is 5.38. The van der Waals surface area contributed by atoms with Gasteiger partial charge in [-0.3, -0.25) is 10.7 Å². The Hall–Kier alpha value is -3.27. The molecule has 3 rings (SSSR count). The van der Waals surface area contributed by atoms with Crippen molar-refractivity contribution in [2.24, 2.45) is 0 Å². The highest BCUT2D eigenvalue weighted by atomic mass is 79.9. The summed E-state index contributed by atoms with van der Waals surface area (Å²) >= 11 is 3.07. The predicted molar refractivity (Wildman–Crippen MR) is 101 cm³/mol. The number of amides is 2. The summed E-state index contributed by atoms with van der Waals surface area (Å²) in [6.45, 7) is 0.326. The van der Waals surface area contributed by atoms with E-state index in [0.29, 0.717) is 12.2 Å². The third kappa shape index (κ3) is 4.88. The Morgan fingerprint density at radius 1 is 1.15 bits per heavy atom. The lowest BCUT2D eigenvalue weighted by Gasteiger charge is -2.08. The molecule has 27 heavy (non-hydrogen) atoms. The van der Waals surface area contributed by atoms with Crippen LogP contribution in [0.3, 0.4) is 0 Å². The van der Waals surface area contributed by atoms with Crippen molar-refractivity contribution in [3.63, 3.8) is 0 Å². The van der Waals surface area contributed by atoms with Gasteiger partial charge in [-0.2, -0.15) is 0 Å². The van der Waals surface area contributed by atoms with E-state index >= 15 is 0 Å². The van der Waals surface area contributed by atoms with Crippen LogP contribution in [0.1, 0.15) is 11.3 Å². The largest absolute Gasteiger partial charge is 0.339 e. The number of nitrogens with zero attached hydrogens (tertiary/aromatic N) is 2. The number of halogens is 2. The second-order valence-corrected chi connectivity index (χ2v) is 6.24. The number of urea groups is 1. The van der Waals surface area contributed by atoms with E-state index in [2.05, 4.69) is 46.8 Å². The maximum absolute atomic E-state index is 13.3. The molecule has 0 bridgehead atoms. The Balaban J connectivity index is 1.61. The smallest absolute Gasteiger partial charge is 0.320 e. The predicted octanol–water partition coefficient (Wildman–Crippen LogP) is 3.73. The second kappa shape index (κ2) is 8.41. The number of carbonyl (C=O) groups is 1. The van der Waals surface area contributed by atoms with Gasteiger partial charge in [0.05, 0.1) is 4.47 Å². The summed E-state index contributed by atoms with van der Waals surface area (Å²) in [6.07, 6.45) is 0. The molecule has 0 fully saturated rings. The fourth-order valence-electron chi connectivity index (χ4n) is 2.14. The summed E-state index contributed by atoms with van der Waals surface area (Å²) in [4.78, 5) is 12.0. The van der Waals surface area contributed by atoms with Crippen LogP contribution in [-0.4, -0.2) is 22.2 Å². The molecule has 138 valence electrons. The number of rotatable bonds is 5. The minimum absolute atomic E-state index is 0.00492. The van der Waals surface area contributed by atoms with E-state index in [4.69, 9.17) is 5.41 Å². The monoisotopic (exact) mass is 432 g/mol. The van der Waals surface area contributed by atoms with Gasteiger partial charge in [0.1, 0.15) is 5.82 Å². The number of hydrogen-bond donors (Lipinski definition) is 4. The number of amidine groups is 1. The summed E-state index contributed by atoms with van der Waals surface area (Å²) in [7, 11) is 0. The summed E-state index contributed by atoms with van der Waals surface area (Å²) < 4.78 is 18.2. The molecule has 0 aliphatic rings. The summed E-state index contributed by atoms with van der Waals surface area (Å²) in [6, 6.07) is 13.0. The minimum Gasteiger partial charge on any atom is -0.339 e. The molecular formula is C17H14BrFN6O2. The fraction of sp³-hybridized carbons (Fsp3) is 0.0588. The highest BCUT2D eigenvalue weighted by molar-refractivity contribution is 9.10. The molecule has 0 spiro atoms. The highest BCUT2D eigenvalue weighted by Crippen LogP contribution is 2.21. The molecule has 2 aromatic carbocycles. The summed E-state index contributed by atoms with van der Waals surface area (Å²) in [5.41, 5.74) is 1.39. The van der Waals surface area contributed by atoms with Crippen LogP contribution in [0.5, 0.6) is 0 Å². The number of benzene rings is 2. The van der Waals surface area contributed by atoms with Crippen LogP contribution in [0.4, 0.5) is 20.7 Å². The van der Waals surface area contributed by atoms with Gasteiger partial charge in [-0.1, -0.05) is 30.3 Å². The molecule has 3 aromatic rings. The maximum Gasteiger partial charge on any atom is 0.320 e. The molecule has 1 heterocycles. The zero-order chi connectivity index (χ0) is 19.2. The Morgan fingerprint density at radius 2 is 1.93 bits per heavy atom. The molecule has 1 aromatic heterocycles. The quantitative estimate of drug-likeness (QED) is 0.362. The first-order valence-electron chi connectivity index (χ1n) is 7.75. The van der Waals surface area contributed by atoms with Crippen molar-refractivity contribution in [3.05, 3.63) is 70.1 Å². The van der Waals surface area contributed by atoms with Crippen molar-refractivity contribution < 1.29 is 13.8 Å². The Morgan fingerprint density at radius 3 is 2.67 bits per heavy atom. The van der Waals surface area contributed by atoms with Crippen molar-refractivity contribution in [2.75, 3.05) is 10.6 Å². The van der Waals surface area contributed by atoms with Gasteiger partial charge < -0.3 is 10.6 Å². The van der Waals surface area contributed by atoms with Crippen LogP contribution in [0.25, 0.3) is 0 Å². The van der Waals surface area contributed by atoms with Gasteiger partial charge >= 0.3 is 6.03 Å². The fourth-order valence-corrected chi connectivity index (χ4v) is 2.52. The third-order valence-corrected chi connectivity index (χ3v) is 4.05. The van der Waals surface area contributed by atoms with Gasteiger partial charge in [0, 0.05) is 12.2 Å². The number of aromatic nitrogens is 2. The molecule has 0 aliphatic carbocycles. The Bertz CT molecular complexity index is 963. The highest BCUT2D eigenvalue weighted by Gasteiger charge is 2.18. The maximum atomic E-state index is 13.3. The van der Waals surface area contributed by atoms with Crippen molar-refractivity contribution >= 4 is 39.3 Å². The molecule has 0 saturated carbocycles. The number of nitrogens with one attached hydrogen (secondary N) is 4. The van der Waals surface area contributed by atoms with E-state index in [0.717, 1.165) is 5.56 Å². The number of hydrogen-bond acceptors (Lipinski definition) is 5. The standard InChI is InChI=1S/C17H14BrFN6O2/c18-12-8-11(6-7-13(12)19)22-15(20)14-16(25-27-24-14)23-17(26)21-9-10-4-2-1-3-5-10/h1-8H,9H2,(H2,20,22)(H2,21,23,25,26). The first kappa shape index (κ1) is 18.5. The normalized spacial score (nSPS) is 10.3. The van der Waals surface area contributed by atoms with Gasteiger partial charge in [-0.25, -0.2) is 13.8 Å². The Kier molecular flexibility index (Phi) is 5.77. The SMILES string of the molecule is N=C(Nc1ccc(F)c(Br)c1)c1nonc1NC(=O)NCc1ccccc1. The number of anilines is 2. The zero-order valence-electron chi connectivity index (χ0n) is 13.8. The van der Waals surface area contributed by atoms with Gasteiger partial charge in [0.25, 0.3) is 0 Å². The molecule has 0 unspecified atom stereocenters. The lowest BCUT2D eigenvalue weighted by atomic mass is 10.2. The molecule has 4 N–H and O–H groups in total. The van der Waals surface area contributed by atoms with Crippen LogP contribution in [0, 0.1) is 11.2 Å². The summed E-state index contributed by atoms with van der Waals surface area (Å²) in [5.74, 6) is -0.611. The lowest BCUT2D eigenvalue weighted by Crippen LogP contribution is -2.29. The van der Waals surface area contributed by atoms with Crippen molar-refractivity contribution in [2.45, 2.75) is 6.54 Å². The van der Waals surface area contributed by atoms with Gasteiger partial charge in [-0.05, 0) is 50.0 Å². The molecule has 8 nitrogen and oxygen atoms in total. The van der Waals surface area contributed by atoms with Gasteiger partial charge in [-0.15, -0.1) is 0 Å². The molecule has 10 heteroatoms. The van der Waals surface area contributed by atoms with E-state index in [1.54, 1.807) is 0 Å². The van der Waals surface area contributed by atoms with Crippen LogP contribution >= 0.6 is 15.9 Å². The topological polar surface area (TPSA) is 116 Å². The van der Waals surface area contributed by atoms with E-state index in [1.807, 2.05) is 30.3 Å². The molecule has 2 amide bonds. The van der Waals surface area contributed by atoms with Crippen LogP contribution in [-0.2, 0) is 6.54 Å². The molecule has 0 aliphatic heterocycles. The van der Waals surface area contributed by atoms with Crippen molar-refractivity contribution in [1.29, 1.82) is 5.41 Å². The van der Waals surface area contributed by atoms with Crippen molar-refractivity contribution in [1.82, 2.24) is 15.6 Å². The average molecular weight is 433 g/mol. The van der Waals surface area contributed by atoms with Crippen LogP contribution in [0.2, 0.25) is 0 Å². The van der Waals surface area contributed by atoms with E-state index in [-0.39, 0.29) is 21.8 Å². The zero-order valence-corrected chi connectivity index (χ0v) is 15.4. The average Bonchev–Trinajstić information content (AvgIpc) is 3.12. The van der Waals surface area contributed by atoms with E-state index < -0.39 is 11.8 Å². The molecule has 0 atom stereocenters. The minimum atomic E-state index is -0.520. The third-order valence-electron chi connectivity index (χ3n) is 3.44. The first-order chi connectivity index (χ1) is 13.0. The first-order valence-corrected chi connectivity index (χ1v) is 8.54. The molecular weight excluding hydrogens is 419 g/mol. The number of carbonyl (C=O) groups excluding carboxylic acids is 1. The van der Waals surface area contributed by atoms with E-state index in [1.165, 1.54) is 18.2 Å². The van der Waals surface area contributed by atoms with Crippen LogP contribution in [0.15, 0.2) is 57.6 Å². The van der Waals surface area contributed by atoms with Gasteiger partial charge in [0.15, 0.2) is 11.5 Å². The molecule has 0 saturated heterocycles. The lowest BCUT2D eigenvalue weighted by molar-refractivity contribution is 0.251. The van der Waals surface area contributed by atoms with Crippen LogP contribution < -0.4 is 16.0 Å². The summed E-state index contributed by atoms with van der Waals surface area (Å²) in [5, 5.41) is 23.2. The van der Waals surface area contributed by atoms with Gasteiger partial charge in [0.2, 0.25) is 5.82 Å². The molecule has 0 radical (unpaired) electrons. The van der Waals surface area contributed by atoms with E-state index in [9.17, 15) is 9.18 Å². The van der Waals surface area contributed by atoms with Crippen molar-refractivity contribution in [3.8, 4) is 0 Å². The Labute approximate surface area is 161 Å².